The van der Waals surface area contributed by atoms with E-state index in [1.165, 1.54) is 0 Å². The molecule has 1 aromatic heterocycles. The molecule has 0 unspecified atom stereocenters. The average molecular weight is 266 g/mol. The van der Waals surface area contributed by atoms with Gasteiger partial charge in [0, 0.05) is 5.39 Å². The van der Waals surface area contributed by atoms with E-state index in [0.717, 1.165) is 16.5 Å². The molecule has 0 radical (unpaired) electrons. The van der Waals surface area contributed by atoms with Gasteiger partial charge in [-0.3, -0.25) is 9.48 Å². The molecule has 0 saturated heterocycles. The van der Waals surface area contributed by atoms with Gasteiger partial charge in [-0.15, -0.1) is 0 Å². The molecule has 20 heavy (non-hydrogen) atoms. The number of esters is 1. The van der Waals surface area contributed by atoms with Crippen molar-refractivity contribution in [3.05, 3.63) is 66.4 Å². The number of hydrogen-bond donors (Lipinski definition) is 0. The van der Waals surface area contributed by atoms with Crippen molar-refractivity contribution in [2.24, 2.45) is 0 Å². The van der Waals surface area contributed by atoms with Crippen LogP contribution in [0, 0.1) is 0 Å². The van der Waals surface area contributed by atoms with Crippen LogP contribution in [0.5, 0.6) is 0 Å². The highest BCUT2D eigenvalue weighted by Gasteiger charge is 2.08. The molecule has 1 heterocycles. The van der Waals surface area contributed by atoms with E-state index in [1.807, 2.05) is 54.6 Å². The van der Waals surface area contributed by atoms with E-state index in [0.29, 0.717) is 6.61 Å². The van der Waals surface area contributed by atoms with Crippen molar-refractivity contribution < 1.29 is 9.53 Å². The lowest BCUT2D eigenvalue weighted by Gasteiger charge is -2.06. The summed E-state index contributed by atoms with van der Waals surface area (Å²) in [6, 6.07) is 17.4. The van der Waals surface area contributed by atoms with E-state index in [4.69, 9.17) is 4.74 Å². The van der Waals surface area contributed by atoms with Gasteiger partial charge < -0.3 is 4.74 Å². The predicted molar refractivity (Wildman–Crippen MR) is 76.0 cm³/mol. The van der Waals surface area contributed by atoms with Crippen molar-refractivity contribution in [1.29, 1.82) is 0 Å². The second-order valence-corrected chi connectivity index (χ2v) is 4.51. The molecule has 2 aromatic carbocycles. The first-order valence-corrected chi connectivity index (χ1v) is 6.43. The van der Waals surface area contributed by atoms with Crippen LogP contribution in [0.4, 0.5) is 0 Å². The normalized spacial score (nSPS) is 10.6. The zero-order valence-corrected chi connectivity index (χ0v) is 10.9. The summed E-state index contributed by atoms with van der Waals surface area (Å²) in [5.74, 6) is -0.289. The molecule has 0 bridgehead atoms. The topological polar surface area (TPSA) is 44.1 Å². The molecule has 0 aliphatic rings. The number of rotatable bonds is 4. The van der Waals surface area contributed by atoms with E-state index >= 15 is 0 Å². The second-order valence-electron chi connectivity index (χ2n) is 4.51. The van der Waals surface area contributed by atoms with Crippen LogP contribution in [0.1, 0.15) is 5.56 Å². The number of fused-ring (bicyclic) bond motifs is 1. The van der Waals surface area contributed by atoms with Gasteiger partial charge in [-0.2, -0.15) is 5.10 Å². The van der Waals surface area contributed by atoms with Crippen molar-refractivity contribution >= 4 is 16.9 Å². The van der Waals surface area contributed by atoms with Crippen molar-refractivity contribution in [1.82, 2.24) is 9.78 Å². The van der Waals surface area contributed by atoms with Gasteiger partial charge in [0.2, 0.25) is 0 Å². The molecular weight excluding hydrogens is 252 g/mol. The molecule has 0 aliphatic heterocycles. The van der Waals surface area contributed by atoms with Crippen molar-refractivity contribution in [3.63, 3.8) is 0 Å². The molecular formula is C16H14N2O2. The molecule has 0 saturated carbocycles. The van der Waals surface area contributed by atoms with Crippen LogP contribution in [0.3, 0.4) is 0 Å². The minimum atomic E-state index is -0.289. The Morgan fingerprint density at radius 1 is 1.05 bits per heavy atom. The molecule has 0 spiro atoms. The molecule has 4 heteroatoms. The smallest absolute Gasteiger partial charge is 0.328 e. The first-order valence-electron chi connectivity index (χ1n) is 6.43. The summed E-state index contributed by atoms with van der Waals surface area (Å²) >= 11 is 0. The maximum absolute atomic E-state index is 11.8. The summed E-state index contributed by atoms with van der Waals surface area (Å²) in [7, 11) is 0. The summed E-state index contributed by atoms with van der Waals surface area (Å²) in [5.41, 5.74) is 1.91. The van der Waals surface area contributed by atoms with Crippen LogP contribution in [0.25, 0.3) is 10.9 Å². The van der Waals surface area contributed by atoms with Gasteiger partial charge in [0.05, 0.1) is 11.7 Å². The van der Waals surface area contributed by atoms with Gasteiger partial charge in [0.25, 0.3) is 0 Å². The third-order valence-electron chi connectivity index (χ3n) is 3.07. The standard InChI is InChI=1S/C16H14N2O2/c19-16(20-12-13-6-2-1-3-7-13)11-18-15-9-5-4-8-14(15)10-17-18/h1-10H,11-12H2. The van der Waals surface area contributed by atoms with Crippen molar-refractivity contribution in [3.8, 4) is 0 Å². The monoisotopic (exact) mass is 266 g/mol. The van der Waals surface area contributed by atoms with Gasteiger partial charge in [0.1, 0.15) is 13.2 Å². The van der Waals surface area contributed by atoms with E-state index in [1.54, 1.807) is 10.9 Å². The Morgan fingerprint density at radius 2 is 1.80 bits per heavy atom. The number of hydrogen-bond acceptors (Lipinski definition) is 3. The Morgan fingerprint density at radius 3 is 2.65 bits per heavy atom. The van der Waals surface area contributed by atoms with Crippen LogP contribution in [0.2, 0.25) is 0 Å². The third-order valence-corrected chi connectivity index (χ3v) is 3.07. The lowest BCUT2D eigenvalue weighted by Crippen LogP contribution is -2.14. The van der Waals surface area contributed by atoms with Crippen molar-refractivity contribution in [2.45, 2.75) is 13.2 Å². The second kappa shape index (κ2) is 5.57. The molecule has 3 aromatic rings. The Balaban J connectivity index is 1.64. The highest BCUT2D eigenvalue weighted by molar-refractivity contribution is 5.80. The minimum Gasteiger partial charge on any atom is -0.459 e. The average Bonchev–Trinajstić information content (AvgIpc) is 2.90. The predicted octanol–water partition coefficient (Wildman–Crippen LogP) is 2.78. The summed E-state index contributed by atoms with van der Waals surface area (Å²) in [4.78, 5) is 11.8. The van der Waals surface area contributed by atoms with Gasteiger partial charge in [-0.1, -0.05) is 48.5 Å². The van der Waals surface area contributed by atoms with E-state index in [-0.39, 0.29) is 12.5 Å². The largest absolute Gasteiger partial charge is 0.459 e. The van der Waals surface area contributed by atoms with E-state index < -0.39 is 0 Å². The van der Waals surface area contributed by atoms with E-state index in [2.05, 4.69) is 5.10 Å². The Labute approximate surface area is 116 Å². The van der Waals surface area contributed by atoms with Gasteiger partial charge in [-0.25, -0.2) is 0 Å². The molecule has 100 valence electrons. The zero-order valence-electron chi connectivity index (χ0n) is 10.9. The molecule has 0 amide bonds. The highest BCUT2D eigenvalue weighted by Crippen LogP contribution is 2.12. The van der Waals surface area contributed by atoms with Gasteiger partial charge in [0.15, 0.2) is 0 Å². The molecule has 0 fully saturated rings. The lowest BCUT2D eigenvalue weighted by molar-refractivity contribution is -0.145. The molecule has 3 rings (SSSR count). The number of aromatic nitrogens is 2. The number of ether oxygens (including phenoxy) is 1. The summed E-state index contributed by atoms with van der Waals surface area (Å²) in [6.45, 7) is 0.416. The van der Waals surface area contributed by atoms with Crippen LogP contribution in [-0.4, -0.2) is 15.7 Å². The third kappa shape index (κ3) is 2.69. The van der Waals surface area contributed by atoms with Crippen LogP contribution >= 0.6 is 0 Å². The first kappa shape index (κ1) is 12.4. The highest BCUT2D eigenvalue weighted by atomic mass is 16.5. The fourth-order valence-corrected chi connectivity index (χ4v) is 2.06. The molecule has 4 nitrogen and oxygen atoms in total. The van der Waals surface area contributed by atoms with Crippen LogP contribution in [0.15, 0.2) is 60.8 Å². The Bertz CT molecular complexity index is 719. The molecule has 0 aliphatic carbocycles. The van der Waals surface area contributed by atoms with Crippen molar-refractivity contribution in [2.75, 3.05) is 0 Å². The fraction of sp³-hybridized carbons (Fsp3) is 0.125. The number of para-hydroxylation sites is 1. The summed E-state index contributed by atoms with van der Waals surface area (Å²) in [6.07, 6.45) is 1.75. The van der Waals surface area contributed by atoms with E-state index in [9.17, 15) is 4.79 Å². The summed E-state index contributed by atoms with van der Waals surface area (Å²) in [5, 5.41) is 5.22. The number of benzene rings is 2. The van der Waals surface area contributed by atoms with Crippen LogP contribution < -0.4 is 0 Å². The Hall–Kier alpha value is -2.62. The quantitative estimate of drug-likeness (QED) is 0.682. The fourth-order valence-electron chi connectivity index (χ4n) is 2.06. The van der Waals surface area contributed by atoms with Gasteiger partial charge >= 0.3 is 5.97 Å². The number of carbonyl (C=O) groups is 1. The SMILES string of the molecule is O=C(Cn1ncc2ccccc21)OCc1ccccc1. The van der Waals surface area contributed by atoms with Crippen LogP contribution in [-0.2, 0) is 22.7 Å². The maximum Gasteiger partial charge on any atom is 0.328 e. The minimum absolute atomic E-state index is 0.125. The number of carbonyl (C=O) groups excluding carboxylic acids is 1. The maximum atomic E-state index is 11.8. The number of nitrogens with zero attached hydrogens (tertiary/aromatic N) is 2. The summed E-state index contributed by atoms with van der Waals surface area (Å²) < 4.78 is 6.91. The zero-order chi connectivity index (χ0) is 13.8. The molecule has 0 N–H and O–H groups in total. The van der Waals surface area contributed by atoms with Gasteiger partial charge in [-0.05, 0) is 11.6 Å². The molecule has 0 atom stereocenters. The Kier molecular flexibility index (Phi) is 3.46. The first-order chi connectivity index (χ1) is 9.83. The lowest BCUT2D eigenvalue weighted by atomic mass is 10.2.